The molecule has 0 spiro atoms. The first-order valence-electron chi connectivity index (χ1n) is 6.93. The fraction of sp³-hybridized carbons (Fsp3) is 0.235. The van der Waals surface area contributed by atoms with Gasteiger partial charge in [0.25, 0.3) is 0 Å². The molecule has 3 rings (SSSR count). The van der Waals surface area contributed by atoms with E-state index in [1.807, 2.05) is 36.4 Å². The first-order chi connectivity index (χ1) is 10.1. The summed E-state index contributed by atoms with van der Waals surface area (Å²) in [5, 5.41) is 13.7. The Bertz CT molecular complexity index is 654. The molecule has 0 aromatic heterocycles. The minimum atomic E-state index is -0.559. The molecule has 0 aliphatic heterocycles. The van der Waals surface area contributed by atoms with Gasteiger partial charge in [-0.1, -0.05) is 48.0 Å². The lowest BCUT2D eigenvalue weighted by Crippen LogP contribution is -2.34. The fourth-order valence-corrected chi connectivity index (χ4v) is 2.89. The molecule has 1 aliphatic rings. The Morgan fingerprint density at radius 1 is 1.19 bits per heavy atom. The molecule has 0 bridgehead atoms. The summed E-state index contributed by atoms with van der Waals surface area (Å²) in [6, 6.07) is 14.7. The van der Waals surface area contributed by atoms with E-state index >= 15 is 0 Å². The summed E-state index contributed by atoms with van der Waals surface area (Å²) < 4.78 is 0. The molecule has 0 saturated heterocycles. The standard InChI is InChI=1S/C17H16ClNO2/c18-13-7-5-11(6-8-13)9-16(21)19-17-14-4-2-1-3-12(14)10-15(17)20/h1-8,15,17,20H,9-10H2,(H,19,21)/t15-,17+/m1/s1. The molecule has 2 atom stereocenters. The summed E-state index contributed by atoms with van der Waals surface area (Å²) in [6.07, 6.45) is 0.307. The largest absolute Gasteiger partial charge is 0.390 e. The van der Waals surface area contributed by atoms with Crippen LogP contribution >= 0.6 is 11.6 Å². The van der Waals surface area contributed by atoms with Crippen LogP contribution in [-0.2, 0) is 17.6 Å². The maximum Gasteiger partial charge on any atom is 0.224 e. The molecule has 1 aliphatic carbocycles. The molecule has 0 saturated carbocycles. The number of fused-ring (bicyclic) bond motifs is 1. The number of hydrogen-bond donors (Lipinski definition) is 2. The van der Waals surface area contributed by atoms with Gasteiger partial charge < -0.3 is 10.4 Å². The number of halogens is 1. The van der Waals surface area contributed by atoms with Crippen LogP contribution in [0.5, 0.6) is 0 Å². The normalized spacial score (nSPS) is 20.1. The molecule has 108 valence electrons. The summed E-state index contributed by atoms with van der Waals surface area (Å²) in [4.78, 5) is 12.2. The van der Waals surface area contributed by atoms with Crippen molar-refractivity contribution >= 4 is 17.5 Å². The highest BCUT2D eigenvalue weighted by Crippen LogP contribution is 2.31. The van der Waals surface area contributed by atoms with Crippen LogP contribution in [-0.4, -0.2) is 17.1 Å². The van der Waals surface area contributed by atoms with Crippen molar-refractivity contribution in [3.8, 4) is 0 Å². The van der Waals surface area contributed by atoms with Crippen LogP contribution in [0.15, 0.2) is 48.5 Å². The monoisotopic (exact) mass is 301 g/mol. The Labute approximate surface area is 128 Å². The van der Waals surface area contributed by atoms with Gasteiger partial charge in [-0.3, -0.25) is 4.79 Å². The number of hydrogen-bond acceptors (Lipinski definition) is 2. The maximum atomic E-state index is 12.2. The first-order valence-corrected chi connectivity index (χ1v) is 7.31. The van der Waals surface area contributed by atoms with E-state index in [1.54, 1.807) is 12.1 Å². The highest BCUT2D eigenvalue weighted by Gasteiger charge is 2.31. The lowest BCUT2D eigenvalue weighted by Gasteiger charge is -2.18. The van der Waals surface area contributed by atoms with Crippen LogP contribution in [0.4, 0.5) is 0 Å². The molecule has 1 amide bonds. The molecule has 3 nitrogen and oxygen atoms in total. The highest BCUT2D eigenvalue weighted by atomic mass is 35.5. The van der Waals surface area contributed by atoms with Crippen molar-refractivity contribution in [3.63, 3.8) is 0 Å². The molecule has 0 unspecified atom stereocenters. The van der Waals surface area contributed by atoms with Gasteiger partial charge in [0, 0.05) is 11.4 Å². The van der Waals surface area contributed by atoms with E-state index in [1.165, 1.54) is 0 Å². The van der Waals surface area contributed by atoms with Crippen molar-refractivity contribution in [3.05, 3.63) is 70.2 Å². The molecule has 2 aromatic rings. The number of carbonyl (C=O) groups excluding carboxylic acids is 1. The number of amides is 1. The van der Waals surface area contributed by atoms with E-state index in [0.717, 1.165) is 16.7 Å². The molecule has 2 N–H and O–H groups in total. The SMILES string of the molecule is O=C(Cc1ccc(Cl)cc1)N[C@H]1c2ccccc2C[C@H]1O. The van der Waals surface area contributed by atoms with E-state index in [9.17, 15) is 9.90 Å². The number of nitrogens with one attached hydrogen (secondary N) is 1. The third-order valence-electron chi connectivity index (χ3n) is 3.80. The van der Waals surface area contributed by atoms with Gasteiger partial charge in [0.2, 0.25) is 5.91 Å². The number of rotatable bonds is 3. The molecular weight excluding hydrogens is 286 g/mol. The van der Waals surface area contributed by atoms with Crippen molar-refractivity contribution in [1.82, 2.24) is 5.32 Å². The second kappa shape index (κ2) is 5.88. The lowest BCUT2D eigenvalue weighted by molar-refractivity contribution is -0.121. The summed E-state index contributed by atoms with van der Waals surface area (Å²) in [7, 11) is 0. The van der Waals surface area contributed by atoms with E-state index in [4.69, 9.17) is 11.6 Å². The number of aliphatic hydroxyl groups is 1. The highest BCUT2D eigenvalue weighted by molar-refractivity contribution is 6.30. The second-order valence-electron chi connectivity index (χ2n) is 5.32. The zero-order chi connectivity index (χ0) is 14.8. The van der Waals surface area contributed by atoms with E-state index in [2.05, 4.69) is 5.32 Å². The molecular formula is C17H16ClNO2. The third-order valence-corrected chi connectivity index (χ3v) is 4.05. The molecule has 0 radical (unpaired) electrons. The number of benzene rings is 2. The smallest absolute Gasteiger partial charge is 0.224 e. The summed E-state index contributed by atoms with van der Waals surface area (Å²) in [5.74, 6) is -0.0990. The van der Waals surface area contributed by atoms with Gasteiger partial charge in [0.05, 0.1) is 18.6 Å². The van der Waals surface area contributed by atoms with E-state index in [-0.39, 0.29) is 18.4 Å². The van der Waals surface area contributed by atoms with E-state index in [0.29, 0.717) is 11.4 Å². The van der Waals surface area contributed by atoms with Crippen molar-refractivity contribution in [2.75, 3.05) is 0 Å². The first kappa shape index (κ1) is 14.1. The number of carbonyl (C=O) groups is 1. The zero-order valence-electron chi connectivity index (χ0n) is 11.4. The Morgan fingerprint density at radius 3 is 2.67 bits per heavy atom. The van der Waals surface area contributed by atoms with Crippen LogP contribution in [0.25, 0.3) is 0 Å². The van der Waals surface area contributed by atoms with Crippen LogP contribution in [0.1, 0.15) is 22.7 Å². The van der Waals surface area contributed by atoms with Crippen molar-refractivity contribution < 1.29 is 9.90 Å². The minimum Gasteiger partial charge on any atom is -0.390 e. The molecule has 4 heteroatoms. The topological polar surface area (TPSA) is 49.3 Å². The Hall–Kier alpha value is -1.84. The quantitative estimate of drug-likeness (QED) is 0.915. The zero-order valence-corrected chi connectivity index (χ0v) is 12.2. The van der Waals surface area contributed by atoms with Crippen molar-refractivity contribution in [2.24, 2.45) is 0 Å². The third kappa shape index (κ3) is 3.09. The predicted octanol–water partition coefficient (Wildman–Crippen LogP) is 2.66. The van der Waals surface area contributed by atoms with Gasteiger partial charge in [-0.15, -0.1) is 0 Å². The number of aliphatic hydroxyl groups excluding tert-OH is 1. The van der Waals surface area contributed by atoms with Crippen LogP contribution in [0.2, 0.25) is 5.02 Å². The average Bonchev–Trinajstić information content (AvgIpc) is 2.78. The van der Waals surface area contributed by atoms with Gasteiger partial charge in [-0.05, 0) is 28.8 Å². The van der Waals surface area contributed by atoms with Gasteiger partial charge in [0.15, 0.2) is 0 Å². The predicted molar refractivity (Wildman–Crippen MR) is 82.2 cm³/mol. The summed E-state index contributed by atoms with van der Waals surface area (Å²) >= 11 is 5.83. The summed E-state index contributed by atoms with van der Waals surface area (Å²) in [6.45, 7) is 0. The Kier molecular flexibility index (Phi) is 3.95. The molecule has 0 heterocycles. The van der Waals surface area contributed by atoms with Gasteiger partial charge in [0.1, 0.15) is 0 Å². The van der Waals surface area contributed by atoms with Crippen molar-refractivity contribution in [2.45, 2.75) is 25.0 Å². The molecule has 21 heavy (non-hydrogen) atoms. The Morgan fingerprint density at radius 2 is 1.90 bits per heavy atom. The van der Waals surface area contributed by atoms with E-state index < -0.39 is 6.10 Å². The van der Waals surface area contributed by atoms with Crippen LogP contribution in [0.3, 0.4) is 0 Å². The Balaban J connectivity index is 1.69. The lowest BCUT2D eigenvalue weighted by atomic mass is 10.1. The van der Waals surface area contributed by atoms with Crippen LogP contribution in [0, 0.1) is 0 Å². The van der Waals surface area contributed by atoms with Crippen molar-refractivity contribution in [1.29, 1.82) is 0 Å². The van der Waals surface area contributed by atoms with Gasteiger partial charge >= 0.3 is 0 Å². The second-order valence-corrected chi connectivity index (χ2v) is 5.76. The van der Waals surface area contributed by atoms with Crippen LogP contribution < -0.4 is 5.32 Å². The average molecular weight is 302 g/mol. The maximum absolute atomic E-state index is 12.2. The molecule has 2 aromatic carbocycles. The van der Waals surface area contributed by atoms with Gasteiger partial charge in [-0.25, -0.2) is 0 Å². The summed E-state index contributed by atoms with van der Waals surface area (Å²) in [5.41, 5.74) is 3.01. The van der Waals surface area contributed by atoms with Gasteiger partial charge in [-0.2, -0.15) is 0 Å². The molecule has 0 fully saturated rings. The minimum absolute atomic E-state index is 0.0990. The fourth-order valence-electron chi connectivity index (χ4n) is 2.76.